The van der Waals surface area contributed by atoms with E-state index in [2.05, 4.69) is 10.6 Å². The fourth-order valence-electron chi connectivity index (χ4n) is 2.60. The molecule has 3 aromatic rings. The highest BCUT2D eigenvalue weighted by Crippen LogP contribution is 2.20. The molecule has 0 aliphatic carbocycles. The first kappa shape index (κ1) is 19.2. The van der Waals surface area contributed by atoms with Crippen molar-refractivity contribution in [2.75, 3.05) is 17.2 Å². The molecule has 0 aliphatic rings. The van der Waals surface area contributed by atoms with Crippen molar-refractivity contribution in [3.63, 3.8) is 0 Å². The Labute approximate surface area is 161 Å². The van der Waals surface area contributed by atoms with E-state index in [-0.39, 0.29) is 18.4 Å². The Morgan fingerprint density at radius 3 is 2.43 bits per heavy atom. The summed E-state index contributed by atoms with van der Waals surface area (Å²) in [5.41, 5.74) is 1.10. The van der Waals surface area contributed by atoms with Gasteiger partial charge in [-0.25, -0.2) is 4.79 Å². The van der Waals surface area contributed by atoms with Gasteiger partial charge in [-0.2, -0.15) is 0 Å². The predicted octanol–water partition coefficient (Wildman–Crippen LogP) is 3.55. The summed E-state index contributed by atoms with van der Waals surface area (Å²) in [7, 11) is 0. The molecule has 7 heteroatoms. The smallest absolute Gasteiger partial charge is 0.336 e. The molecule has 3 rings (SSSR count). The summed E-state index contributed by atoms with van der Waals surface area (Å²) >= 11 is 0. The molecule has 0 spiro atoms. The van der Waals surface area contributed by atoms with E-state index >= 15 is 0 Å². The third-order valence-corrected chi connectivity index (χ3v) is 3.87. The van der Waals surface area contributed by atoms with Crippen molar-refractivity contribution in [3.8, 4) is 5.75 Å². The van der Waals surface area contributed by atoms with E-state index in [1.807, 2.05) is 6.92 Å². The highest BCUT2D eigenvalue weighted by atomic mass is 16.5. The summed E-state index contributed by atoms with van der Waals surface area (Å²) in [6, 6.07) is 14.9. The Bertz CT molecular complexity index is 1060. The number of rotatable bonds is 7. The lowest BCUT2D eigenvalue weighted by molar-refractivity contribution is -0.118. The number of nitrogens with one attached hydrogen (secondary N) is 2. The third-order valence-electron chi connectivity index (χ3n) is 3.87. The maximum atomic E-state index is 12.1. The quantitative estimate of drug-likeness (QED) is 0.611. The molecule has 0 unspecified atom stereocenters. The molecule has 0 radical (unpaired) electrons. The number of amides is 2. The fourth-order valence-corrected chi connectivity index (χ4v) is 2.60. The number of hydrogen-bond donors (Lipinski definition) is 2. The number of carbonyl (C=O) groups excluding carboxylic acids is 2. The van der Waals surface area contributed by atoms with Crippen LogP contribution in [0.5, 0.6) is 5.75 Å². The molecule has 0 saturated carbocycles. The van der Waals surface area contributed by atoms with Gasteiger partial charge in [-0.1, -0.05) is 13.0 Å². The van der Waals surface area contributed by atoms with Crippen molar-refractivity contribution in [1.82, 2.24) is 0 Å². The van der Waals surface area contributed by atoms with Gasteiger partial charge < -0.3 is 19.8 Å². The molecule has 1 heterocycles. The maximum absolute atomic E-state index is 12.1. The van der Waals surface area contributed by atoms with E-state index in [4.69, 9.17) is 9.15 Å². The van der Waals surface area contributed by atoms with Gasteiger partial charge in [0, 0.05) is 35.3 Å². The molecule has 1 aromatic heterocycles. The van der Waals surface area contributed by atoms with Crippen LogP contribution in [-0.4, -0.2) is 18.4 Å². The number of carbonyl (C=O) groups is 2. The SMILES string of the molecule is CCCC(=O)Nc1cccc(NC(=O)COc2ccc3ccc(=O)oc3c2)c1. The molecular formula is C21H20N2O5. The molecule has 2 amide bonds. The summed E-state index contributed by atoms with van der Waals surface area (Å²) < 4.78 is 10.6. The second-order valence-electron chi connectivity index (χ2n) is 6.17. The Hall–Kier alpha value is -3.61. The van der Waals surface area contributed by atoms with E-state index in [0.29, 0.717) is 29.1 Å². The van der Waals surface area contributed by atoms with Gasteiger partial charge in [-0.3, -0.25) is 9.59 Å². The van der Waals surface area contributed by atoms with E-state index in [9.17, 15) is 14.4 Å². The molecule has 0 atom stereocenters. The zero-order valence-electron chi connectivity index (χ0n) is 15.4. The lowest BCUT2D eigenvalue weighted by Crippen LogP contribution is -2.20. The average Bonchev–Trinajstić information content (AvgIpc) is 2.66. The molecule has 2 aromatic carbocycles. The second kappa shape index (κ2) is 8.85. The Morgan fingerprint density at radius 1 is 0.964 bits per heavy atom. The van der Waals surface area contributed by atoms with Crippen LogP contribution in [0.4, 0.5) is 11.4 Å². The van der Waals surface area contributed by atoms with E-state index < -0.39 is 5.63 Å². The first-order valence-electron chi connectivity index (χ1n) is 8.90. The van der Waals surface area contributed by atoms with Crippen molar-refractivity contribution in [2.24, 2.45) is 0 Å². The van der Waals surface area contributed by atoms with Crippen LogP contribution >= 0.6 is 0 Å². The van der Waals surface area contributed by atoms with E-state index in [1.54, 1.807) is 48.5 Å². The maximum Gasteiger partial charge on any atom is 0.336 e. The molecule has 0 bridgehead atoms. The Balaban J connectivity index is 1.58. The molecule has 2 N–H and O–H groups in total. The lowest BCUT2D eigenvalue weighted by Gasteiger charge is -2.10. The molecule has 28 heavy (non-hydrogen) atoms. The number of ether oxygens (including phenoxy) is 1. The van der Waals surface area contributed by atoms with Gasteiger partial charge >= 0.3 is 5.63 Å². The van der Waals surface area contributed by atoms with Gasteiger partial charge in [0.25, 0.3) is 5.91 Å². The normalized spacial score (nSPS) is 10.5. The Kier molecular flexibility index (Phi) is 6.06. The minimum Gasteiger partial charge on any atom is -0.484 e. The van der Waals surface area contributed by atoms with Crippen molar-refractivity contribution in [2.45, 2.75) is 19.8 Å². The zero-order chi connectivity index (χ0) is 19.9. The highest BCUT2D eigenvalue weighted by Gasteiger charge is 2.07. The third kappa shape index (κ3) is 5.20. The molecule has 0 aliphatic heterocycles. The van der Waals surface area contributed by atoms with Crippen LogP contribution in [0.15, 0.2) is 63.8 Å². The van der Waals surface area contributed by atoms with Gasteiger partial charge in [0.2, 0.25) is 5.91 Å². The average molecular weight is 380 g/mol. The largest absolute Gasteiger partial charge is 0.484 e. The summed E-state index contributed by atoms with van der Waals surface area (Å²) in [6.45, 7) is 1.72. The van der Waals surface area contributed by atoms with Crippen molar-refractivity contribution in [1.29, 1.82) is 0 Å². The summed E-state index contributed by atoms with van der Waals surface area (Å²) in [5, 5.41) is 6.26. The minimum absolute atomic E-state index is 0.0720. The number of hydrogen-bond acceptors (Lipinski definition) is 5. The fraction of sp³-hybridized carbons (Fsp3) is 0.190. The lowest BCUT2D eigenvalue weighted by atomic mass is 10.2. The zero-order valence-corrected chi connectivity index (χ0v) is 15.4. The molecular weight excluding hydrogens is 360 g/mol. The van der Waals surface area contributed by atoms with Crippen molar-refractivity contribution >= 4 is 34.2 Å². The van der Waals surface area contributed by atoms with E-state index in [0.717, 1.165) is 11.8 Å². The van der Waals surface area contributed by atoms with Crippen LogP contribution in [0, 0.1) is 0 Å². The van der Waals surface area contributed by atoms with Crippen LogP contribution in [0.1, 0.15) is 19.8 Å². The first-order chi connectivity index (χ1) is 13.5. The summed E-state index contributed by atoms with van der Waals surface area (Å²) in [6.07, 6.45) is 1.20. The Morgan fingerprint density at radius 2 is 1.68 bits per heavy atom. The van der Waals surface area contributed by atoms with Crippen molar-refractivity contribution < 1.29 is 18.7 Å². The van der Waals surface area contributed by atoms with Crippen LogP contribution < -0.4 is 21.0 Å². The van der Waals surface area contributed by atoms with Gasteiger partial charge in [0.05, 0.1) is 0 Å². The first-order valence-corrected chi connectivity index (χ1v) is 8.90. The van der Waals surface area contributed by atoms with Crippen LogP contribution in [0.3, 0.4) is 0 Å². The molecule has 7 nitrogen and oxygen atoms in total. The second-order valence-corrected chi connectivity index (χ2v) is 6.17. The van der Waals surface area contributed by atoms with Crippen molar-refractivity contribution in [3.05, 3.63) is 65.0 Å². The monoisotopic (exact) mass is 380 g/mol. The number of anilines is 2. The van der Waals surface area contributed by atoms with Gasteiger partial charge in [0.15, 0.2) is 6.61 Å². The number of fused-ring (bicyclic) bond motifs is 1. The molecule has 0 saturated heterocycles. The van der Waals surface area contributed by atoms with E-state index in [1.165, 1.54) is 6.07 Å². The van der Waals surface area contributed by atoms with Gasteiger partial charge in [-0.15, -0.1) is 0 Å². The summed E-state index contributed by atoms with van der Waals surface area (Å²) in [4.78, 5) is 35.1. The highest BCUT2D eigenvalue weighted by molar-refractivity contribution is 5.94. The van der Waals surface area contributed by atoms with Crippen LogP contribution in [0.2, 0.25) is 0 Å². The van der Waals surface area contributed by atoms with Gasteiger partial charge in [-0.05, 0) is 42.8 Å². The standard InChI is InChI=1S/C21H20N2O5/c1-2-4-19(24)22-15-5-3-6-16(11-15)23-20(25)13-27-17-9-7-14-8-10-21(26)28-18(14)12-17/h3,5-12H,2,4,13H2,1H3,(H,22,24)(H,23,25). The predicted molar refractivity (Wildman–Crippen MR) is 107 cm³/mol. The molecule has 144 valence electrons. The molecule has 0 fully saturated rings. The van der Waals surface area contributed by atoms with Crippen LogP contribution in [0.25, 0.3) is 11.0 Å². The minimum atomic E-state index is -0.451. The van der Waals surface area contributed by atoms with Gasteiger partial charge in [0.1, 0.15) is 11.3 Å². The summed E-state index contributed by atoms with van der Waals surface area (Å²) in [5.74, 6) is -0.0125. The number of benzene rings is 2. The topological polar surface area (TPSA) is 97.6 Å². The van der Waals surface area contributed by atoms with Crippen LogP contribution in [-0.2, 0) is 9.59 Å².